The highest BCUT2D eigenvalue weighted by molar-refractivity contribution is 6.32. The zero-order chi connectivity index (χ0) is 15.2. The number of benzene rings is 2. The summed E-state index contributed by atoms with van der Waals surface area (Å²) in [6.45, 7) is 5.50. The fourth-order valence-electron chi connectivity index (χ4n) is 1.83. The van der Waals surface area contributed by atoms with E-state index in [2.05, 4.69) is 31.3 Å². The zero-order valence-corrected chi connectivity index (χ0v) is 13.0. The Morgan fingerprint density at radius 1 is 1.10 bits per heavy atom. The van der Waals surface area contributed by atoms with Crippen LogP contribution in [0.2, 0.25) is 5.02 Å². The number of hydrogen-bond donors (Lipinski definition) is 1. The molecule has 1 N–H and O–H groups in total. The molecule has 0 radical (unpaired) electrons. The van der Waals surface area contributed by atoms with Gasteiger partial charge in [-0.25, -0.2) is 4.39 Å². The van der Waals surface area contributed by atoms with E-state index in [0.717, 1.165) is 12.1 Å². The van der Waals surface area contributed by atoms with Crippen molar-refractivity contribution in [3.05, 3.63) is 64.4 Å². The predicted octanol–water partition coefficient (Wildman–Crippen LogP) is 4.56. The molecule has 0 saturated carbocycles. The largest absolute Gasteiger partial charge is 0.487 e. The Morgan fingerprint density at radius 3 is 2.38 bits per heavy atom. The van der Waals surface area contributed by atoms with Crippen LogP contribution in [0, 0.1) is 5.82 Å². The summed E-state index contributed by atoms with van der Waals surface area (Å²) < 4.78 is 18.5. The molecular formula is C17H19ClFNO. The summed E-state index contributed by atoms with van der Waals surface area (Å²) in [5, 5.41) is 3.65. The Labute approximate surface area is 129 Å². The summed E-state index contributed by atoms with van der Waals surface area (Å²) in [5.41, 5.74) is 2.27. The minimum atomic E-state index is -0.366. The van der Waals surface area contributed by atoms with Gasteiger partial charge in [0.25, 0.3) is 0 Å². The van der Waals surface area contributed by atoms with Crippen molar-refractivity contribution in [1.82, 2.24) is 5.32 Å². The van der Waals surface area contributed by atoms with Crippen molar-refractivity contribution in [2.45, 2.75) is 33.0 Å². The molecule has 0 saturated heterocycles. The Bertz CT molecular complexity index is 584. The van der Waals surface area contributed by atoms with Gasteiger partial charge < -0.3 is 10.1 Å². The van der Waals surface area contributed by atoms with Gasteiger partial charge in [-0.1, -0.05) is 49.7 Å². The van der Waals surface area contributed by atoms with E-state index in [1.165, 1.54) is 17.7 Å². The molecule has 0 atom stereocenters. The molecule has 21 heavy (non-hydrogen) atoms. The molecule has 0 aromatic heterocycles. The lowest BCUT2D eigenvalue weighted by atomic mass is 10.1. The highest BCUT2D eigenvalue weighted by Gasteiger charge is 2.04. The Balaban J connectivity index is 1.91. The van der Waals surface area contributed by atoms with Gasteiger partial charge in [0.15, 0.2) is 0 Å². The molecule has 0 bridgehead atoms. The first-order valence-corrected chi connectivity index (χ1v) is 7.31. The Hall–Kier alpha value is -1.58. The van der Waals surface area contributed by atoms with Gasteiger partial charge in [-0.05, 0) is 29.3 Å². The minimum Gasteiger partial charge on any atom is -0.487 e. The fourth-order valence-corrected chi connectivity index (χ4v) is 2.05. The molecule has 4 heteroatoms. The van der Waals surface area contributed by atoms with Crippen molar-refractivity contribution >= 4 is 11.6 Å². The maximum absolute atomic E-state index is 12.9. The molecule has 0 aliphatic heterocycles. The first-order valence-electron chi connectivity index (χ1n) is 6.93. The van der Waals surface area contributed by atoms with Gasteiger partial charge in [-0.3, -0.25) is 0 Å². The molecule has 0 heterocycles. The van der Waals surface area contributed by atoms with Gasteiger partial charge in [-0.15, -0.1) is 0 Å². The van der Waals surface area contributed by atoms with Crippen molar-refractivity contribution in [3.63, 3.8) is 0 Å². The van der Waals surface area contributed by atoms with E-state index in [9.17, 15) is 4.39 Å². The molecule has 0 fully saturated rings. The highest BCUT2D eigenvalue weighted by Crippen LogP contribution is 2.25. The third-order valence-corrected chi connectivity index (χ3v) is 3.32. The van der Waals surface area contributed by atoms with Crippen LogP contribution in [0.3, 0.4) is 0 Å². The number of rotatable bonds is 6. The van der Waals surface area contributed by atoms with E-state index in [1.54, 1.807) is 6.07 Å². The smallest absolute Gasteiger partial charge is 0.138 e. The van der Waals surface area contributed by atoms with E-state index in [0.29, 0.717) is 18.4 Å². The highest BCUT2D eigenvalue weighted by atomic mass is 35.5. The lowest BCUT2D eigenvalue weighted by molar-refractivity contribution is 0.306. The molecule has 2 aromatic rings. The van der Waals surface area contributed by atoms with Gasteiger partial charge >= 0.3 is 0 Å². The molecule has 0 amide bonds. The summed E-state index contributed by atoms with van der Waals surface area (Å²) in [6.07, 6.45) is 0. The summed E-state index contributed by atoms with van der Waals surface area (Å²) in [4.78, 5) is 0. The van der Waals surface area contributed by atoms with E-state index in [4.69, 9.17) is 16.3 Å². The number of nitrogens with one attached hydrogen (secondary N) is 1. The fraction of sp³-hybridized carbons (Fsp3) is 0.294. The van der Waals surface area contributed by atoms with Crippen LogP contribution in [-0.4, -0.2) is 6.04 Å². The lowest BCUT2D eigenvalue weighted by Gasteiger charge is -2.10. The van der Waals surface area contributed by atoms with E-state index < -0.39 is 0 Å². The molecule has 2 nitrogen and oxygen atoms in total. The molecule has 2 rings (SSSR count). The van der Waals surface area contributed by atoms with Crippen molar-refractivity contribution < 1.29 is 9.13 Å². The minimum absolute atomic E-state index is 0.285. The Morgan fingerprint density at radius 2 is 1.76 bits per heavy atom. The number of hydrogen-bond acceptors (Lipinski definition) is 2. The maximum Gasteiger partial charge on any atom is 0.138 e. The van der Waals surface area contributed by atoms with Crippen LogP contribution in [0.25, 0.3) is 0 Å². The van der Waals surface area contributed by atoms with Gasteiger partial charge in [-0.2, -0.15) is 0 Å². The van der Waals surface area contributed by atoms with Gasteiger partial charge in [0, 0.05) is 12.6 Å². The van der Waals surface area contributed by atoms with E-state index >= 15 is 0 Å². The predicted molar refractivity (Wildman–Crippen MR) is 84.2 cm³/mol. The topological polar surface area (TPSA) is 21.3 Å². The third kappa shape index (κ3) is 5.03. The first kappa shape index (κ1) is 15.8. The van der Waals surface area contributed by atoms with Crippen LogP contribution >= 0.6 is 11.6 Å². The SMILES string of the molecule is CC(C)NCc1ccc(COc2ccc(F)cc2Cl)cc1. The van der Waals surface area contributed by atoms with Crippen LogP contribution in [0.1, 0.15) is 25.0 Å². The van der Waals surface area contributed by atoms with Crippen molar-refractivity contribution in [3.8, 4) is 5.75 Å². The number of halogens is 2. The van der Waals surface area contributed by atoms with Crippen molar-refractivity contribution in [2.75, 3.05) is 0 Å². The summed E-state index contributed by atoms with van der Waals surface area (Å²) in [6, 6.07) is 12.8. The summed E-state index contributed by atoms with van der Waals surface area (Å²) in [5.74, 6) is 0.123. The molecular weight excluding hydrogens is 289 g/mol. The third-order valence-electron chi connectivity index (χ3n) is 3.03. The van der Waals surface area contributed by atoms with E-state index in [1.807, 2.05) is 12.1 Å². The zero-order valence-electron chi connectivity index (χ0n) is 12.2. The number of ether oxygens (including phenoxy) is 1. The first-order chi connectivity index (χ1) is 10.0. The monoisotopic (exact) mass is 307 g/mol. The van der Waals surface area contributed by atoms with Gasteiger partial charge in [0.05, 0.1) is 5.02 Å². The van der Waals surface area contributed by atoms with E-state index in [-0.39, 0.29) is 10.8 Å². The van der Waals surface area contributed by atoms with Crippen LogP contribution in [0.15, 0.2) is 42.5 Å². The molecule has 0 unspecified atom stereocenters. The molecule has 2 aromatic carbocycles. The maximum atomic E-state index is 12.9. The quantitative estimate of drug-likeness (QED) is 0.845. The average molecular weight is 308 g/mol. The average Bonchev–Trinajstić information content (AvgIpc) is 2.45. The normalized spacial score (nSPS) is 10.9. The lowest BCUT2D eigenvalue weighted by Crippen LogP contribution is -2.21. The standard InChI is InChI=1S/C17H19ClFNO/c1-12(2)20-10-13-3-5-14(6-4-13)11-21-17-8-7-15(19)9-16(17)18/h3-9,12,20H,10-11H2,1-2H3. The summed E-state index contributed by atoms with van der Waals surface area (Å²) >= 11 is 5.92. The molecule has 0 spiro atoms. The van der Waals surface area contributed by atoms with Gasteiger partial charge in [0.2, 0.25) is 0 Å². The second-order valence-corrected chi connectivity index (χ2v) is 5.62. The van der Waals surface area contributed by atoms with Crippen molar-refractivity contribution in [2.24, 2.45) is 0 Å². The second kappa shape index (κ2) is 7.43. The molecule has 112 valence electrons. The van der Waals surface area contributed by atoms with Crippen LogP contribution in [0.5, 0.6) is 5.75 Å². The Kier molecular flexibility index (Phi) is 5.59. The van der Waals surface area contributed by atoms with Crippen LogP contribution in [-0.2, 0) is 13.2 Å². The molecule has 0 aliphatic rings. The molecule has 0 aliphatic carbocycles. The summed E-state index contributed by atoms with van der Waals surface area (Å²) in [7, 11) is 0. The van der Waals surface area contributed by atoms with Gasteiger partial charge in [0.1, 0.15) is 18.2 Å². The van der Waals surface area contributed by atoms with Crippen molar-refractivity contribution in [1.29, 1.82) is 0 Å². The van der Waals surface area contributed by atoms with Crippen LogP contribution in [0.4, 0.5) is 4.39 Å². The van der Waals surface area contributed by atoms with Crippen LogP contribution < -0.4 is 10.1 Å². The second-order valence-electron chi connectivity index (χ2n) is 5.22.